The lowest BCUT2D eigenvalue weighted by atomic mass is 9.97. The third-order valence-corrected chi connectivity index (χ3v) is 15.7. The van der Waals surface area contributed by atoms with Crippen LogP contribution in [0.25, 0.3) is 0 Å². The summed E-state index contributed by atoms with van der Waals surface area (Å²) in [7, 11) is -3.84. The van der Waals surface area contributed by atoms with E-state index in [-0.39, 0.29) is 28.2 Å². The lowest BCUT2D eigenvalue weighted by molar-refractivity contribution is 0.0247. The van der Waals surface area contributed by atoms with Crippen molar-refractivity contribution in [3.8, 4) is 0 Å². The molecule has 0 amide bonds. The van der Waals surface area contributed by atoms with E-state index in [1.54, 1.807) is 0 Å². The molecule has 0 saturated heterocycles. The quantitative estimate of drug-likeness (QED) is 0.351. The molecule has 4 atom stereocenters. The minimum absolute atomic E-state index is 0.00747. The van der Waals surface area contributed by atoms with Crippen LogP contribution in [0.4, 0.5) is 0 Å². The topological polar surface area (TPSA) is 38.7 Å². The molecule has 0 aromatic carbocycles. The van der Waals surface area contributed by atoms with Crippen molar-refractivity contribution in [1.82, 2.24) is 0 Å². The molecule has 0 rings (SSSR count). The predicted molar refractivity (Wildman–Crippen MR) is 124 cm³/mol. The smallest absolute Gasteiger partial charge is 0.192 e. The number of aliphatic hydroxyl groups is 1. The van der Waals surface area contributed by atoms with Gasteiger partial charge in [0.15, 0.2) is 16.6 Å². The van der Waals surface area contributed by atoms with Crippen LogP contribution in [0.2, 0.25) is 36.3 Å². The molecule has 1 unspecified atom stereocenters. The van der Waals surface area contributed by atoms with Gasteiger partial charge in [0.1, 0.15) is 0 Å². The van der Waals surface area contributed by atoms with Gasteiger partial charge in [0.25, 0.3) is 0 Å². The average molecular weight is 417 g/mol. The minimum atomic E-state index is -1.95. The van der Waals surface area contributed by atoms with Crippen LogP contribution in [-0.4, -0.2) is 40.1 Å². The van der Waals surface area contributed by atoms with E-state index >= 15 is 0 Å². The Morgan fingerprint density at radius 1 is 0.815 bits per heavy atom. The molecular weight excluding hydrogens is 368 g/mol. The Morgan fingerprint density at radius 3 is 1.52 bits per heavy atom. The number of aliphatic hydroxyl groups excluding tert-OH is 1. The molecule has 5 heteroatoms. The number of rotatable bonds is 8. The number of hydrogen-bond acceptors (Lipinski definition) is 3. The highest BCUT2D eigenvalue weighted by Gasteiger charge is 2.44. The molecule has 0 aliphatic rings. The van der Waals surface area contributed by atoms with Crippen molar-refractivity contribution >= 4 is 16.6 Å². The zero-order valence-electron chi connectivity index (χ0n) is 20.7. The Balaban J connectivity index is 5.82. The zero-order chi connectivity index (χ0) is 22.0. The van der Waals surface area contributed by atoms with Crippen LogP contribution in [-0.2, 0) is 8.85 Å². The molecule has 0 spiro atoms. The third-order valence-electron chi connectivity index (χ3n) is 6.69. The Morgan fingerprint density at radius 2 is 1.19 bits per heavy atom. The molecule has 0 radical (unpaired) electrons. The molecule has 0 bridgehead atoms. The van der Waals surface area contributed by atoms with Gasteiger partial charge in [0.05, 0.1) is 18.3 Å². The summed E-state index contributed by atoms with van der Waals surface area (Å²) in [5.41, 5.74) is 0.992. The lowest BCUT2D eigenvalue weighted by Gasteiger charge is -2.45. The second kappa shape index (κ2) is 9.25. The van der Waals surface area contributed by atoms with Gasteiger partial charge in [-0.1, -0.05) is 54.5 Å². The fourth-order valence-corrected chi connectivity index (χ4v) is 5.36. The molecule has 0 aliphatic carbocycles. The minimum Gasteiger partial charge on any atom is -0.412 e. The molecule has 0 heterocycles. The van der Waals surface area contributed by atoms with E-state index in [1.165, 1.54) is 0 Å². The van der Waals surface area contributed by atoms with Crippen LogP contribution in [0.3, 0.4) is 0 Å². The predicted octanol–water partition coefficient (Wildman–Crippen LogP) is 6.75. The van der Waals surface area contributed by atoms with Crippen LogP contribution >= 0.6 is 0 Å². The van der Waals surface area contributed by atoms with Gasteiger partial charge in [0.2, 0.25) is 0 Å². The largest absolute Gasteiger partial charge is 0.412 e. The highest BCUT2D eigenvalue weighted by atomic mass is 28.4. The van der Waals surface area contributed by atoms with Gasteiger partial charge in [-0.25, -0.2) is 0 Å². The average Bonchev–Trinajstić information content (AvgIpc) is 2.41. The first-order valence-electron chi connectivity index (χ1n) is 10.4. The first kappa shape index (κ1) is 27.1. The van der Waals surface area contributed by atoms with E-state index in [4.69, 9.17) is 8.85 Å². The van der Waals surface area contributed by atoms with Crippen molar-refractivity contribution in [2.45, 2.75) is 124 Å². The standard InChI is InChI=1S/C22H48O3Si2/c1-16(18(3)23)15-17(2)20(25-27(13,14)22(8,9)10)19(4)24-26(11,12)21(5,6)7/h15,17-20,23H,1-14H3/b16-15+/t17-,18?,19-,20-/m0/s1. The van der Waals surface area contributed by atoms with E-state index in [0.29, 0.717) is 0 Å². The summed E-state index contributed by atoms with van der Waals surface area (Å²) in [6, 6.07) is 0. The van der Waals surface area contributed by atoms with Crippen molar-refractivity contribution in [2.75, 3.05) is 0 Å². The summed E-state index contributed by atoms with van der Waals surface area (Å²) < 4.78 is 13.6. The van der Waals surface area contributed by atoms with E-state index in [1.807, 2.05) is 13.8 Å². The maximum Gasteiger partial charge on any atom is 0.192 e. The van der Waals surface area contributed by atoms with E-state index in [2.05, 4.69) is 87.7 Å². The first-order chi connectivity index (χ1) is 11.7. The molecule has 3 nitrogen and oxygen atoms in total. The van der Waals surface area contributed by atoms with Crippen LogP contribution in [0, 0.1) is 5.92 Å². The normalized spacial score (nSPS) is 19.6. The second-order valence-corrected chi connectivity index (χ2v) is 20.9. The summed E-state index contributed by atoms with van der Waals surface area (Å²) >= 11 is 0. The Bertz CT molecular complexity index is 497. The number of hydrogen-bond donors (Lipinski definition) is 1. The Hall–Kier alpha value is 0.0538. The molecule has 0 saturated carbocycles. The van der Waals surface area contributed by atoms with Gasteiger partial charge in [-0.15, -0.1) is 0 Å². The lowest BCUT2D eigenvalue weighted by Crippen LogP contribution is -2.52. The van der Waals surface area contributed by atoms with Gasteiger partial charge < -0.3 is 14.0 Å². The summed E-state index contributed by atoms with van der Waals surface area (Å²) in [6.07, 6.45) is 1.72. The highest BCUT2D eigenvalue weighted by Crippen LogP contribution is 2.41. The van der Waals surface area contributed by atoms with Crippen LogP contribution in [0.15, 0.2) is 11.6 Å². The SMILES string of the molecule is C/C(=C\[C@H](C)[C@H](O[Si](C)(C)C(C)(C)C)[C@H](C)O[Si](C)(C)C(C)(C)C)C(C)O. The van der Waals surface area contributed by atoms with E-state index < -0.39 is 22.7 Å². The van der Waals surface area contributed by atoms with Crippen molar-refractivity contribution in [3.05, 3.63) is 11.6 Å². The molecule has 0 aliphatic heterocycles. The first-order valence-corrected chi connectivity index (χ1v) is 16.3. The maximum atomic E-state index is 9.92. The van der Waals surface area contributed by atoms with Gasteiger partial charge in [0, 0.05) is 5.92 Å². The maximum absolute atomic E-state index is 9.92. The van der Waals surface area contributed by atoms with E-state index in [9.17, 15) is 5.11 Å². The Labute approximate surface area is 172 Å². The monoisotopic (exact) mass is 416 g/mol. The van der Waals surface area contributed by atoms with Crippen LogP contribution < -0.4 is 0 Å². The summed E-state index contributed by atoms with van der Waals surface area (Å²) in [5, 5.41) is 10.2. The molecule has 0 aromatic rings. The van der Waals surface area contributed by atoms with Crippen LogP contribution in [0.5, 0.6) is 0 Å². The third kappa shape index (κ3) is 7.77. The fraction of sp³-hybridized carbons (Fsp3) is 0.909. The fourth-order valence-electron chi connectivity index (χ4n) is 2.50. The highest BCUT2D eigenvalue weighted by molar-refractivity contribution is 6.74. The van der Waals surface area contributed by atoms with Crippen molar-refractivity contribution in [2.24, 2.45) is 5.92 Å². The Kier molecular flexibility index (Phi) is 9.27. The molecule has 162 valence electrons. The van der Waals surface area contributed by atoms with Gasteiger partial charge in [-0.2, -0.15) is 0 Å². The van der Waals surface area contributed by atoms with Gasteiger partial charge >= 0.3 is 0 Å². The molecule has 1 N–H and O–H groups in total. The van der Waals surface area contributed by atoms with Crippen LogP contribution in [0.1, 0.15) is 69.2 Å². The van der Waals surface area contributed by atoms with Crippen molar-refractivity contribution < 1.29 is 14.0 Å². The summed E-state index contributed by atoms with van der Waals surface area (Å²) in [6.45, 7) is 31.0. The second-order valence-electron chi connectivity index (χ2n) is 11.4. The molecular formula is C22H48O3Si2. The van der Waals surface area contributed by atoms with E-state index in [0.717, 1.165) is 5.57 Å². The van der Waals surface area contributed by atoms with Crippen molar-refractivity contribution in [1.29, 1.82) is 0 Å². The van der Waals surface area contributed by atoms with Gasteiger partial charge in [-0.05, 0) is 62.6 Å². The molecule has 0 aromatic heterocycles. The van der Waals surface area contributed by atoms with Crippen molar-refractivity contribution in [3.63, 3.8) is 0 Å². The van der Waals surface area contributed by atoms with Gasteiger partial charge in [-0.3, -0.25) is 0 Å². The summed E-state index contributed by atoms with van der Waals surface area (Å²) in [4.78, 5) is 0. The zero-order valence-corrected chi connectivity index (χ0v) is 22.7. The summed E-state index contributed by atoms with van der Waals surface area (Å²) in [5.74, 6) is 0.175. The molecule has 27 heavy (non-hydrogen) atoms. The molecule has 0 fully saturated rings.